The van der Waals surface area contributed by atoms with Gasteiger partial charge in [0.05, 0.1) is 6.61 Å². The average molecular weight is 349 g/mol. The molecule has 6 heteroatoms. The minimum absolute atomic E-state index is 0.162. The molecule has 1 saturated heterocycles. The van der Waals surface area contributed by atoms with Crippen molar-refractivity contribution >= 4 is 5.91 Å². The lowest BCUT2D eigenvalue weighted by Gasteiger charge is -2.37. The molecule has 0 bridgehead atoms. The first-order valence-corrected chi connectivity index (χ1v) is 9.06. The van der Waals surface area contributed by atoms with E-state index in [4.69, 9.17) is 4.74 Å². The Morgan fingerprint density at radius 1 is 1.32 bits per heavy atom. The lowest BCUT2D eigenvalue weighted by Crippen LogP contribution is -2.54. The smallest absolute Gasteiger partial charge is 0.251 e. The second kappa shape index (κ2) is 8.25. The standard InChI is InChI=1S/C19H28FN3O2/c1-22-7-8-23(2)17(11-22)10-21-19(24)15-5-6-18(20)16(9-15)13-25-12-14-3-4-14/h5-6,9,14,17H,3-4,7-8,10-13H2,1-2H3,(H,21,24)/t17-/m0/s1. The number of hydrogen-bond acceptors (Lipinski definition) is 4. The second-order valence-corrected chi connectivity index (χ2v) is 7.37. The van der Waals surface area contributed by atoms with Gasteiger partial charge in [-0.3, -0.25) is 9.69 Å². The summed E-state index contributed by atoms with van der Waals surface area (Å²) in [5, 5.41) is 2.98. The van der Waals surface area contributed by atoms with Crippen LogP contribution in [0.1, 0.15) is 28.8 Å². The van der Waals surface area contributed by atoms with Crippen LogP contribution in [0.3, 0.4) is 0 Å². The van der Waals surface area contributed by atoms with Crippen molar-refractivity contribution in [2.24, 2.45) is 5.92 Å². The Kier molecular flexibility index (Phi) is 6.04. The first kappa shape index (κ1) is 18.3. The Morgan fingerprint density at radius 3 is 2.88 bits per heavy atom. The third-order valence-electron chi connectivity index (χ3n) is 5.09. The topological polar surface area (TPSA) is 44.8 Å². The highest BCUT2D eigenvalue weighted by Crippen LogP contribution is 2.29. The third kappa shape index (κ3) is 5.23. The van der Waals surface area contributed by atoms with Crippen molar-refractivity contribution in [3.05, 3.63) is 35.1 Å². The molecule has 1 heterocycles. The number of benzene rings is 1. The van der Waals surface area contributed by atoms with E-state index < -0.39 is 0 Å². The molecule has 138 valence electrons. The maximum Gasteiger partial charge on any atom is 0.251 e. The molecule has 5 nitrogen and oxygen atoms in total. The van der Waals surface area contributed by atoms with Gasteiger partial charge in [0.2, 0.25) is 0 Å². The fraction of sp³-hybridized carbons (Fsp3) is 0.632. The molecule has 1 aromatic carbocycles. The number of piperazine rings is 1. The van der Waals surface area contributed by atoms with Gasteiger partial charge in [-0.1, -0.05) is 0 Å². The molecule has 0 aromatic heterocycles. The fourth-order valence-electron chi connectivity index (χ4n) is 3.08. The first-order valence-electron chi connectivity index (χ1n) is 9.06. The number of rotatable bonds is 7. The Bertz CT molecular complexity index is 606. The van der Waals surface area contributed by atoms with Crippen molar-refractivity contribution in [2.75, 3.05) is 46.9 Å². The van der Waals surface area contributed by atoms with Gasteiger partial charge in [0, 0.05) is 50.0 Å². The average Bonchev–Trinajstić information content (AvgIpc) is 3.41. The molecule has 1 atom stereocenters. The monoisotopic (exact) mass is 349 g/mol. The highest BCUT2D eigenvalue weighted by Gasteiger charge is 2.23. The van der Waals surface area contributed by atoms with Gasteiger partial charge < -0.3 is 15.0 Å². The van der Waals surface area contributed by atoms with Crippen LogP contribution in [0.2, 0.25) is 0 Å². The molecule has 2 aliphatic rings. The normalized spacial score (nSPS) is 22.1. The van der Waals surface area contributed by atoms with Crippen LogP contribution in [0.4, 0.5) is 4.39 Å². The summed E-state index contributed by atoms with van der Waals surface area (Å²) >= 11 is 0. The Labute approximate surface area is 149 Å². The van der Waals surface area contributed by atoms with E-state index >= 15 is 0 Å². The predicted molar refractivity (Wildman–Crippen MR) is 95.0 cm³/mol. The van der Waals surface area contributed by atoms with Gasteiger partial charge in [0.25, 0.3) is 5.91 Å². The number of halogens is 1. The van der Waals surface area contributed by atoms with E-state index in [1.165, 1.54) is 25.0 Å². The summed E-state index contributed by atoms with van der Waals surface area (Å²) in [6.07, 6.45) is 2.41. The Morgan fingerprint density at radius 2 is 2.12 bits per heavy atom. The summed E-state index contributed by atoms with van der Waals surface area (Å²) in [4.78, 5) is 17.0. The summed E-state index contributed by atoms with van der Waals surface area (Å²) in [5.74, 6) is 0.159. The summed E-state index contributed by atoms with van der Waals surface area (Å²) in [6, 6.07) is 4.79. The summed E-state index contributed by atoms with van der Waals surface area (Å²) in [6.45, 7) is 4.46. The molecule has 25 heavy (non-hydrogen) atoms. The fourth-order valence-corrected chi connectivity index (χ4v) is 3.08. The molecule has 0 spiro atoms. The maximum atomic E-state index is 13.9. The van der Waals surface area contributed by atoms with Crippen LogP contribution >= 0.6 is 0 Å². The van der Waals surface area contributed by atoms with E-state index in [0.717, 1.165) is 19.6 Å². The van der Waals surface area contributed by atoms with Crippen molar-refractivity contribution in [2.45, 2.75) is 25.5 Å². The molecule has 3 rings (SSSR count). The molecule has 1 aliphatic carbocycles. The third-order valence-corrected chi connectivity index (χ3v) is 5.09. The molecule has 0 radical (unpaired) electrons. The van der Waals surface area contributed by atoms with Crippen molar-refractivity contribution in [1.29, 1.82) is 0 Å². The largest absolute Gasteiger partial charge is 0.376 e. The molecule has 2 fully saturated rings. The molecule has 0 unspecified atom stereocenters. The number of likely N-dealkylation sites (N-methyl/N-ethyl adjacent to an activating group) is 2. The Hall–Kier alpha value is -1.50. The molecule has 1 aliphatic heterocycles. The molecular formula is C19H28FN3O2. The number of nitrogens with one attached hydrogen (secondary N) is 1. The van der Waals surface area contributed by atoms with Gasteiger partial charge in [0.15, 0.2) is 0 Å². The number of ether oxygens (including phenoxy) is 1. The van der Waals surface area contributed by atoms with E-state index in [9.17, 15) is 9.18 Å². The van der Waals surface area contributed by atoms with Crippen LogP contribution in [-0.4, -0.2) is 68.6 Å². The van der Waals surface area contributed by atoms with Crippen LogP contribution in [0, 0.1) is 11.7 Å². The van der Waals surface area contributed by atoms with Crippen LogP contribution < -0.4 is 5.32 Å². The number of nitrogens with zero attached hydrogens (tertiary/aromatic N) is 2. The van der Waals surface area contributed by atoms with Gasteiger partial charge >= 0.3 is 0 Å². The van der Waals surface area contributed by atoms with Crippen LogP contribution in [-0.2, 0) is 11.3 Å². The second-order valence-electron chi connectivity index (χ2n) is 7.37. The number of hydrogen-bond donors (Lipinski definition) is 1. The van der Waals surface area contributed by atoms with Crippen molar-refractivity contribution < 1.29 is 13.9 Å². The van der Waals surface area contributed by atoms with Gasteiger partial charge in [-0.25, -0.2) is 4.39 Å². The van der Waals surface area contributed by atoms with Crippen molar-refractivity contribution in [3.63, 3.8) is 0 Å². The minimum atomic E-state index is -0.319. The zero-order valence-corrected chi connectivity index (χ0v) is 15.1. The highest BCUT2D eigenvalue weighted by atomic mass is 19.1. The van der Waals surface area contributed by atoms with E-state index in [1.54, 1.807) is 6.07 Å². The highest BCUT2D eigenvalue weighted by molar-refractivity contribution is 5.94. The Balaban J connectivity index is 1.53. The summed E-state index contributed by atoms with van der Waals surface area (Å²) in [7, 11) is 4.17. The quantitative estimate of drug-likeness (QED) is 0.814. The van der Waals surface area contributed by atoms with Crippen LogP contribution in [0.15, 0.2) is 18.2 Å². The van der Waals surface area contributed by atoms with E-state index in [1.807, 2.05) is 0 Å². The maximum absolute atomic E-state index is 13.9. The lowest BCUT2D eigenvalue weighted by molar-refractivity contribution is 0.0880. The van der Waals surface area contributed by atoms with Gasteiger partial charge in [-0.2, -0.15) is 0 Å². The molecule has 1 amide bonds. The summed E-state index contributed by atoms with van der Waals surface area (Å²) < 4.78 is 19.5. The van der Waals surface area contributed by atoms with E-state index in [0.29, 0.717) is 36.2 Å². The van der Waals surface area contributed by atoms with Gasteiger partial charge in [-0.15, -0.1) is 0 Å². The van der Waals surface area contributed by atoms with E-state index in [2.05, 4.69) is 29.2 Å². The van der Waals surface area contributed by atoms with Crippen molar-refractivity contribution in [3.8, 4) is 0 Å². The number of carbonyl (C=O) groups is 1. The molecular weight excluding hydrogens is 321 g/mol. The zero-order chi connectivity index (χ0) is 17.8. The zero-order valence-electron chi connectivity index (χ0n) is 15.1. The molecule has 1 aromatic rings. The minimum Gasteiger partial charge on any atom is -0.376 e. The number of amides is 1. The van der Waals surface area contributed by atoms with Crippen LogP contribution in [0.25, 0.3) is 0 Å². The van der Waals surface area contributed by atoms with Crippen LogP contribution in [0.5, 0.6) is 0 Å². The van der Waals surface area contributed by atoms with E-state index in [-0.39, 0.29) is 18.3 Å². The summed E-state index contributed by atoms with van der Waals surface area (Å²) in [5.41, 5.74) is 0.932. The SMILES string of the molecule is CN1CCN(C)[C@@H](CNC(=O)c2ccc(F)c(COCC3CC3)c2)C1. The van der Waals surface area contributed by atoms with Gasteiger partial charge in [-0.05, 0) is 51.1 Å². The van der Waals surface area contributed by atoms with Gasteiger partial charge in [0.1, 0.15) is 5.82 Å². The molecule has 1 saturated carbocycles. The predicted octanol–water partition coefficient (Wildman–Crippen LogP) is 1.73. The van der Waals surface area contributed by atoms with Crippen molar-refractivity contribution in [1.82, 2.24) is 15.1 Å². The first-order chi connectivity index (χ1) is 12.0. The number of carbonyl (C=O) groups excluding carboxylic acids is 1. The lowest BCUT2D eigenvalue weighted by atomic mass is 10.1. The molecule has 1 N–H and O–H groups in total.